The van der Waals surface area contributed by atoms with E-state index in [4.69, 9.17) is 0 Å². The van der Waals surface area contributed by atoms with E-state index in [-0.39, 0.29) is 0 Å². The molecule has 0 saturated carbocycles. The van der Waals surface area contributed by atoms with Crippen LogP contribution >= 0.6 is 0 Å². The molecule has 22 heavy (non-hydrogen) atoms. The van der Waals surface area contributed by atoms with Crippen molar-refractivity contribution >= 4 is 5.69 Å². The number of nitrogens with zero attached hydrogens (tertiary/aromatic N) is 1. The smallest absolute Gasteiger partial charge is 0.0567 e. The summed E-state index contributed by atoms with van der Waals surface area (Å²) in [6, 6.07) is 10.4. The number of hydrogen-bond acceptors (Lipinski definition) is 3. The van der Waals surface area contributed by atoms with Crippen molar-refractivity contribution in [3.63, 3.8) is 0 Å². The van der Waals surface area contributed by atoms with Crippen LogP contribution in [0.1, 0.15) is 32.6 Å². The van der Waals surface area contributed by atoms with E-state index in [0.29, 0.717) is 0 Å². The summed E-state index contributed by atoms with van der Waals surface area (Å²) in [4.78, 5) is 2.20. The first-order chi connectivity index (χ1) is 10.6. The molecule has 0 radical (unpaired) electrons. The summed E-state index contributed by atoms with van der Waals surface area (Å²) in [6.45, 7) is 13.0. The number of anilines is 1. The van der Waals surface area contributed by atoms with E-state index >= 15 is 0 Å². The first-order valence-corrected chi connectivity index (χ1v) is 8.23. The topological polar surface area (TPSA) is 27.3 Å². The van der Waals surface area contributed by atoms with Crippen LogP contribution in [-0.4, -0.2) is 26.7 Å². The van der Waals surface area contributed by atoms with Gasteiger partial charge in [0.2, 0.25) is 0 Å². The second-order valence-electron chi connectivity index (χ2n) is 5.67. The molecule has 0 aliphatic carbocycles. The number of benzene rings is 1. The molecule has 0 spiro atoms. The molecule has 1 aromatic rings. The Kier molecular flexibility index (Phi) is 8.89. The van der Waals surface area contributed by atoms with E-state index in [0.717, 1.165) is 37.4 Å². The zero-order valence-corrected chi connectivity index (χ0v) is 14.2. The largest absolute Gasteiger partial charge is 0.389 e. The van der Waals surface area contributed by atoms with Gasteiger partial charge in [-0.05, 0) is 37.8 Å². The Balaban J connectivity index is 2.05. The number of hydrogen-bond donors (Lipinski definition) is 2. The van der Waals surface area contributed by atoms with Crippen molar-refractivity contribution in [2.75, 3.05) is 31.6 Å². The second-order valence-corrected chi connectivity index (χ2v) is 5.67. The van der Waals surface area contributed by atoms with Gasteiger partial charge in [0, 0.05) is 37.2 Å². The summed E-state index contributed by atoms with van der Waals surface area (Å²) >= 11 is 0. The fourth-order valence-corrected chi connectivity index (χ4v) is 2.20. The van der Waals surface area contributed by atoms with Crippen molar-refractivity contribution in [3.05, 3.63) is 54.9 Å². The minimum atomic E-state index is 0.835. The van der Waals surface area contributed by atoms with Crippen molar-refractivity contribution in [1.29, 1.82) is 0 Å². The third-order valence-corrected chi connectivity index (χ3v) is 3.66. The number of nitrogens with one attached hydrogen (secondary N) is 2. The first kappa shape index (κ1) is 18.1. The predicted octanol–water partition coefficient (Wildman–Crippen LogP) is 3.91. The van der Waals surface area contributed by atoms with E-state index in [1.807, 2.05) is 6.07 Å². The second kappa shape index (κ2) is 10.8. The van der Waals surface area contributed by atoms with E-state index in [2.05, 4.69) is 66.9 Å². The quantitative estimate of drug-likeness (QED) is 0.573. The lowest BCUT2D eigenvalue weighted by Gasteiger charge is -2.21. The maximum absolute atomic E-state index is 4.11. The SMILES string of the molecule is C=C(CC)NCCCCCNC(=C)CN(C)c1ccccc1. The van der Waals surface area contributed by atoms with Crippen molar-refractivity contribution < 1.29 is 0 Å². The molecule has 0 bridgehead atoms. The lowest BCUT2D eigenvalue weighted by Crippen LogP contribution is -2.27. The Morgan fingerprint density at radius 1 is 0.955 bits per heavy atom. The molecule has 0 aliphatic heterocycles. The Hall–Kier alpha value is -1.90. The number of para-hydroxylation sites is 1. The molecule has 1 rings (SSSR count). The predicted molar refractivity (Wildman–Crippen MR) is 98.1 cm³/mol. The molecule has 0 heterocycles. The van der Waals surface area contributed by atoms with E-state index < -0.39 is 0 Å². The Bertz CT molecular complexity index is 439. The Morgan fingerprint density at radius 2 is 1.55 bits per heavy atom. The van der Waals surface area contributed by atoms with E-state index in [9.17, 15) is 0 Å². The van der Waals surface area contributed by atoms with Gasteiger partial charge in [0.15, 0.2) is 0 Å². The maximum Gasteiger partial charge on any atom is 0.0567 e. The molecule has 0 aliphatic rings. The van der Waals surface area contributed by atoms with E-state index in [1.54, 1.807) is 0 Å². The molecule has 0 saturated heterocycles. The van der Waals surface area contributed by atoms with Crippen LogP contribution in [0.3, 0.4) is 0 Å². The van der Waals surface area contributed by atoms with Gasteiger partial charge in [0.1, 0.15) is 0 Å². The summed E-state index contributed by atoms with van der Waals surface area (Å²) in [5.41, 5.74) is 3.42. The average molecular weight is 301 g/mol. The normalized spacial score (nSPS) is 10.1. The van der Waals surface area contributed by atoms with Crippen LogP contribution in [0.2, 0.25) is 0 Å². The summed E-state index contributed by atoms with van der Waals surface area (Å²) < 4.78 is 0. The number of rotatable bonds is 12. The molecule has 3 heteroatoms. The van der Waals surface area contributed by atoms with Gasteiger partial charge in [0.25, 0.3) is 0 Å². The number of likely N-dealkylation sites (N-methyl/N-ethyl adjacent to an activating group) is 1. The molecule has 1 aromatic carbocycles. The minimum Gasteiger partial charge on any atom is -0.389 e. The average Bonchev–Trinajstić information content (AvgIpc) is 2.54. The zero-order chi connectivity index (χ0) is 16.2. The van der Waals surface area contributed by atoms with Gasteiger partial charge in [0.05, 0.1) is 6.54 Å². The lowest BCUT2D eigenvalue weighted by molar-refractivity contribution is 0.613. The van der Waals surface area contributed by atoms with Crippen molar-refractivity contribution in [1.82, 2.24) is 10.6 Å². The first-order valence-electron chi connectivity index (χ1n) is 8.23. The standard InChI is InChI=1S/C19H31N3/c1-5-17(2)20-14-10-7-11-15-21-18(3)16-22(4)19-12-8-6-9-13-19/h6,8-9,12-13,20-21H,2-3,5,7,10-11,14-16H2,1,4H3. The Labute approximate surface area is 136 Å². The van der Waals surface area contributed by atoms with Gasteiger partial charge in [-0.1, -0.05) is 38.3 Å². The highest BCUT2D eigenvalue weighted by molar-refractivity contribution is 5.46. The van der Waals surface area contributed by atoms with Crippen molar-refractivity contribution in [2.45, 2.75) is 32.6 Å². The molecular weight excluding hydrogens is 270 g/mol. The van der Waals surface area contributed by atoms with Crippen LogP contribution in [0.4, 0.5) is 5.69 Å². The van der Waals surface area contributed by atoms with Gasteiger partial charge in [-0.15, -0.1) is 0 Å². The molecule has 0 fully saturated rings. The van der Waals surface area contributed by atoms with Crippen LogP contribution in [0.25, 0.3) is 0 Å². The van der Waals surface area contributed by atoms with Crippen molar-refractivity contribution in [3.8, 4) is 0 Å². The highest BCUT2D eigenvalue weighted by atomic mass is 15.1. The van der Waals surface area contributed by atoms with Gasteiger partial charge in [-0.2, -0.15) is 0 Å². The fourth-order valence-electron chi connectivity index (χ4n) is 2.20. The van der Waals surface area contributed by atoms with Crippen LogP contribution in [0, 0.1) is 0 Å². The maximum atomic E-state index is 4.11. The Morgan fingerprint density at radius 3 is 2.14 bits per heavy atom. The molecular formula is C19H31N3. The molecule has 3 nitrogen and oxygen atoms in total. The highest BCUT2D eigenvalue weighted by Gasteiger charge is 2.01. The molecule has 0 amide bonds. The van der Waals surface area contributed by atoms with Crippen LogP contribution in [0.15, 0.2) is 54.9 Å². The monoisotopic (exact) mass is 301 g/mol. The lowest BCUT2D eigenvalue weighted by atomic mass is 10.2. The van der Waals surface area contributed by atoms with Crippen LogP contribution in [0.5, 0.6) is 0 Å². The van der Waals surface area contributed by atoms with Gasteiger partial charge in [-0.3, -0.25) is 0 Å². The zero-order valence-electron chi connectivity index (χ0n) is 14.2. The third kappa shape index (κ3) is 7.77. The van der Waals surface area contributed by atoms with Crippen molar-refractivity contribution in [2.24, 2.45) is 0 Å². The molecule has 2 N–H and O–H groups in total. The minimum absolute atomic E-state index is 0.835. The number of unbranched alkanes of at least 4 members (excludes halogenated alkanes) is 2. The molecule has 0 unspecified atom stereocenters. The molecule has 0 aromatic heterocycles. The summed E-state index contributed by atoms with van der Waals surface area (Å²) in [5.74, 6) is 0. The van der Waals surface area contributed by atoms with Crippen LogP contribution in [-0.2, 0) is 0 Å². The van der Waals surface area contributed by atoms with Gasteiger partial charge >= 0.3 is 0 Å². The third-order valence-electron chi connectivity index (χ3n) is 3.66. The molecule has 122 valence electrons. The van der Waals surface area contributed by atoms with Gasteiger partial charge < -0.3 is 15.5 Å². The van der Waals surface area contributed by atoms with Gasteiger partial charge in [-0.25, -0.2) is 0 Å². The van der Waals surface area contributed by atoms with E-state index in [1.165, 1.54) is 24.9 Å². The summed E-state index contributed by atoms with van der Waals surface area (Å²) in [5, 5.41) is 6.76. The summed E-state index contributed by atoms with van der Waals surface area (Å²) in [7, 11) is 2.09. The summed E-state index contributed by atoms with van der Waals surface area (Å²) in [6.07, 6.45) is 4.60. The highest BCUT2D eigenvalue weighted by Crippen LogP contribution is 2.11. The molecule has 0 atom stereocenters. The number of allylic oxidation sites excluding steroid dienone is 1. The van der Waals surface area contributed by atoms with Crippen LogP contribution < -0.4 is 15.5 Å². The fraction of sp³-hybridized carbons (Fsp3) is 0.474.